The van der Waals surface area contributed by atoms with Crippen molar-refractivity contribution in [1.82, 2.24) is 4.90 Å². The Kier molecular flexibility index (Phi) is 8.94. The predicted molar refractivity (Wildman–Crippen MR) is 59.4 cm³/mol. The molecule has 84 valence electrons. The number of ether oxygens (including phenoxy) is 1. The maximum Gasteiger partial charge on any atom is 0.0900 e. The van der Waals surface area contributed by atoms with E-state index in [0.717, 1.165) is 6.54 Å². The molecular formula is C11H23NO2. The summed E-state index contributed by atoms with van der Waals surface area (Å²) in [4.78, 5) is 2.13. The molecule has 0 radical (unpaired) electrons. The summed E-state index contributed by atoms with van der Waals surface area (Å²) in [6.07, 6.45) is 3.66. The van der Waals surface area contributed by atoms with Crippen LogP contribution in [-0.2, 0) is 4.74 Å². The summed E-state index contributed by atoms with van der Waals surface area (Å²) in [5, 5.41) is 9.54. The summed E-state index contributed by atoms with van der Waals surface area (Å²) in [7, 11) is 2.02. The Morgan fingerprint density at radius 3 is 2.86 bits per heavy atom. The molecule has 0 fully saturated rings. The van der Waals surface area contributed by atoms with Crippen LogP contribution in [0.25, 0.3) is 0 Å². The van der Waals surface area contributed by atoms with E-state index in [0.29, 0.717) is 19.8 Å². The summed E-state index contributed by atoms with van der Waals surface area (Å²) in [6.45, 7) is 8.32. The van der Waals surface area contributed by atoms with Gasteiger partial charge in [0.1, 0.15) is 0 Å². The zero-order valence-corrected chi connectivity index (χ0v) is 9.41. The van der Waals surface area contributed by atoms with E-state index < -0.39 is 6.10 Å². The first kappa shape index (κ1) is 13.6. The highest BCUT2D eigenvalue weighted by Crippen LogP contribution is 1.95. The highest BCUT2D eigenvalue weighted by Gasteiger charge is 2.07. The Morgan fingerprint density at radius 2 is 2.29 bits per heavy atom. The maximum absolute atomic E-state index is 9.54. The molecule has 0 spiro atoms. The van der Waals surface area contributed by atoms with Crippen molar-refractivity contribution in [2.24, 2.45) is 0 Å². The normalized spacial score (nSPS) is 13.1. The van der Waals surface area contributed by atoms with E-state index in [9.17, 15) is 5.11 Å². The van der Waals surface area contributed by atoms with Gasteiger partial charge in [-0.1, -0.05) is 19.4 Å². The molecule has 0 aliphatic heterocycles. The van der Waals surface area contributed by atoms with Crippen molar-refractivity contribution in [3.8, 4) is 0 Å². The second kappa shape index (κ2) is 9.19. The minimum absolute atomic E-state index is 0.391. The first-order valence-corrected chi connectivity index (χ1v) is 5.26. The smallest absolute Gasteiger partial charge is 0.0900 e. The van der Waals surface area contributed by atoms with E-state index in [2.05, 4.69) is 18.4 Å². The molecule has 0 aliphatic rings. The Bertz CT molecular complexity index is 139. The average molecular weight is 201 g/mol. The fraction of sp³-hybridized carbons (Fsp3) is 0.818. The molecule has 0 saturated carbocycles. The van der Waals surface area contributed by atoms with Crippen LogP contribution >= 0.6 is 0 Å². The van der Waals surface area contributed by atoms with E-state index in [1.54, 1.807) is 6.08 Å². The molecule has 3 nitrogen and oxygen atoms in total. The van der Waals surface area contributed by atoms with Crippen LogP contribution in [0.5, 0.6) is 0 Å². The summed E-state index contributed by atoms with van der Waals surface area (Å²) >= 11 is 0. The number of hydrogen-bond donors (Lipinski definition) is 1. The molecule has 0 rings (SSSR count). The van der Waals surface area contributed by atoms with Crippen molar-refractivity contribution in [3.05, 3.63) is 12.7 Å². The number of nitrogens with zero attached hydrogens (tertiary/aromatic N) is 1. The van der Waals surface area contributed by atoms with Crippen molar-refractivity contribution < 1.29 is 9.84 Å². The van der Waals surface area contributed by atoms with Crippen molar-refractivity contribution in [2.45, 2.75) is 25.9 Å². The van der Waals surface area contributed by atoms with Gasteiger partial charge in [0.25, 0.3) is 0 Å². The molecule has 3 heteroatoms. The molecule has 0 aromatic rings. The third kappa shape index (κ3) is 8.23. The van der Waals surface area contributed by atoms with E-state index in [1.807, 2.05) is 7.05 Å². The minimum Gasteiger partial charge on any atom is -0.389 e. The van der Waals surface area contributed by atoms with Crippen LogP contribution in [0.2, 0.25) is 0 Å². The lowest BCUT2D eigenvalue weighted by Crippen LogP contribution is -2.32. The van der Waals surface area contributed by atoms with Crippen LogP contribution in [0.15, 0.2) is 12.7 Å². The van der Waals surface area contributed by atoms with Gasteiger partial charge >= 0.3 is 0 Å². The zero-order chi connectivity index (χ0) is 10.8. The van der Waals surface area contributed by atoms with Gasteiger partial charge in [0.15, 0.2) is 0 Å². The monoisotopic (exact) mass is 201 g/mol. The molecule has 0 aliphatic carbocycles. The molecule has 0 unspecified atom stereocenters. The molecule has 0 bridgehead atoms. The van der Waals surface area contributed by atoms with E-state index >= 15 is 0 Å². The van der Waals surface area contributed by atoms with E-state index in [4.69, 9.17) is 4.74 Å². The fourth-order valence-corrected chi connectivity index (χ4v) is 1.22. The van der Waals surface area contributed by atoms with E-state index in [1.165, 1.54) is 12.8 Å². The van der Waals surface area contributed by atoms with Gasteiger partial charge in [-0.2, -0.15) is 0 Å². The number of aliphatic hydroxyl groups is 1. The van der Waals surface area contributed by atoms with Crippen LogP contribution in [0, 0.1) is 0 Å². The van der Waals surface area contributed by atoms with Crippen molar-refractivity contribution >= 4 is 0 Å². The van der Waals surface area contributed by atoms with Crippen LogP contribution in [-0.4, -0.2) is 49.5 Å². The summed E-state index contributed by atoms with van der Waals surface area (Å²) in [5.41, 5.74) is 0. The second-order valence-corrected chi connectivity index (χ2v) is 3.60. The number of likely N-dealkylation sites (N-methyl/N-ethyl adjacent to an activating group) is 1. The molecule has 0 heterocycles. The minimum atomic E-state index is -0.392. The van der Waals surface area contributed by atoms with Gasteiger partial charge in [-0.05, 0) is 20.0 Å². The summed E-state index contributed by atoms with van der Waals surface area (Å²) in [6, 6.07) is 0. The number of unbranched alkanes of at least 4 members (excludes halogenated alkanes) is 1. The SMILES string of the molecule is C=CCOC[C@H](O)CN(C)CCCC. The molecule has 14 heavy (non-hydrogen) atoms. The standard InChI is InChI=1S/C11H23NO2/c1-4-6-7-12(3)9-11(13)10-14-8-5-2/h5,11,13H,2,4,6-10H2,1,3H3/t11-/m1/s1. The molecular weight excluding hydrogens is 178 g/mol. The van der Waals surface area contributed by atoms with Crippen LogP contribution < -0.4 is 0 Å². The zero-order valence-electron chi connectivity index (χ0n) is 9.41. The maximum atomic E-state index is 9.54. The van der Waals surface area contributed by atoms with Crippen LogP contribution in [0.4, 0.5) is 0 Å². The summed E-state index contributed by atoms with van der Waals surface area (Å²) in [5.74, 6) is 0. The van der Waals surface area contributed by atoms with Gasteiger partial charge in [0.05, 0.1) is 19.3 Å². The first-order valence-electron chi connectivity index (χ1n) is 5.26. The molecule has 0 aromatic heterocycles. The average Bonchev–Trinajstić information content (AvgIpc) is 2.15. The van der Waals surface area contributed by atoms with Crippen LogP contribution in [0.3, 0.4) is 0 Å². The van der Waals surface area contributed by atoms with Gasteiger partial charge in [-0.25, -0.2) is 0 Å². The Morgan fingerprint density at radius 1 is 1.57 bits per heavy atom. The molecule has 0 saturated heterocycles. The first-order chi connectivity index (χ1) is 6.70. The van der Waals surface area contributed by atoms with Crippen LogP contribution in [0.1, 0.15) is 19.8 Å². The molecule has 0 aromatic carbocycles. The lowest BCUT2D eigenvalue weighted by molar-refractivity contribution is 0.0308. The lowest BCUT2D eigenvalue weighted by Gasteiger charge is -2.19. The predicted octanol–water partition coefficient (Wildman–Crippen LogP) is 1.28. The molecule has 1 atom stereocenters. The third-order valence-corrected chi connectivity index (χ3v) is 1.96. The fourth-order valence-electron chi connectivity index (χ4n) is 1.22. The topological polar surface area (TPSA) is 32.7 Å². The van der Waals surface area contributed by atoms with Crippen molar-refractivity contribution in [3.63, 3.8) is 0 Å². The Balaban J connectivity index is 3.39. The van der Waals surface area contributed by atoms with Gasteiger partial charge in [0.2, 0.25) is 0 Å². The Labute approximate surface area is 87.4 Å². The second-order valence-electron chi connectivity index (χ2n) is 3.60. The number of hydrogen-bond acceptors (Lipinski definition) is 3. The van der Waals surface area contributed by atoms with E-state index in [-0.39, 0.29) is 0 Å². The van der Waals surface area contributed by atoms with Gasteiger partial charge in [-0.3, -0.25) is 0 Å². The summed E-state index contributed by atoms with van der Waals surface area (Å²) < 4.78 is 5.16. The highest BCUT2D eigenvalue weighted by atomic mass is 16.5. The lowest BCUT2D eigenvalue weighted by atomic mass is 10.3. The van der Waals surface area contributed by atoms with Gasteiger partial charge < -0.3 is 14.7 Å². The van der Waals surface area contributed by atoms with Gasteiger partial charge in [0, 0.05) is 6.54 Å². The van der Waals surface area contributed by atoms with Crippen molar-refractivity contribution in [2.75, 3.05) is 33.4 Å². The third-order valence-electron chi connectivity index (χ3n) is 1.96. The van der Waals surface area contributed by atoms with Crippen molar-refractivity contribution in [1.29, 1.82) is 0 Å². The number of rotatable bonds is 9. The molecule has 1 N–H and O–H groups in total. The quantitative estimate of drug-likeness (QED) is 0.450. The largest absolute Gasteiger partial charge is 0.389 e. The highest BCUT2D eigenvalue weighted by molar-refractivity contribution is 4.66. The number of aliphatic hydroxyl groups excluding tert-OH is 1. The molecule has 0 amide bonds. The van der Waals surface area contributed by atoms with Gasteiger partial charge in [-0.15, -0.1) is 6.58 Å². The Hall–Kier alpha value is -0.380.